The maximum Gasteiger partial charge on any atom is 0.224 e. The fourth-order valence-electron chi connectivity index (χ4n) is 1.96. The van der Waals surface area contributed by atoms with Gasteiger partial charge in [0.1, 0.15) is 5.82 Å². The van der Waals surface area contributed by atoms with E-state index in [-0.39, 0.29) is 0 Å². The van der Waals surface area contributed by atoms with Gasteiger partial charge in [-0.2, -0.15) is 4.98 Å². The molecule has 0 aliphatic heterocycles. The number of aromatic nitrogens is 2. The van der Waals surface area contributed by atoms with Crippen LogP contribution in [-0.2, 0) is 6.42 Å². The zero-order chi connectivity index (χ0) is 13.8. The number of anilines is 2. The minimum atomic E-state index is 0.316. The first-order valence-corrected chi connectivity index (χ1v) is 7.24. The summed E-state index contributed by atoms with van der Waals surface area (Å²) in [5.41, 5.74) is 1.08. The Morgan fingerprint density at radius 1 is 1.42 bits per heavy atom. The van der Waals surface area contributed by atoms with Crippen molar-refractivity contribution >= 4 is 23.1 Å². The summed E-state index contributed by atoms with van der Waals surface area (Å²) in [4.78, 5) is 12.3. The fraction of sp³-hybridized carbons (Fsp3) is 0.429. The Kier molecular flexibility index (Phi) is 4.37. The van der Waals surface area contributed by atoms with Gasteiger partial charge in [-0.1, -0.05) is 6.07 Å². The van der Waals surface area contributed by atoms with Crippen molar-refractivity contribution in [3.05, 3.63) is 34.2 Å². The molecule has 102 valence electrons. The van der Waals surface area contributed by atoms with Gasteiger partial charge in [-0.3, -0.25) is 0 Å². The Bertz CT molecular complexity index is 522. The lowest BCUT2D eigenvalue weighted by molar-refractivity contribution is 0.784. The molecule has 1 atom stereocenters. The van der Waals surface area contributed by atoms with E-state index in [1.54, 1.807) is 11.3 Å². The number of hydrogen-bond donors (Lipinski definition) is 1. The molecule has 0 amide bonds. The van der Waals surface area contributed by atoms with Crippen LogP contribution in [0.4, 0.5) is 11.8 Å². The third-order valence-corrected chi connectivity index (χ3v) is 3.73. The van der Waals surface area contributed by atoms with Crippen LogP contribution in [0.1, 0.15) is 17.4 Å². The summed E-state index contributed by atoms with van der Waals surface area (Å²) in [6.07, 6.45) is 2.86. The number of hydrogen-bond acceptors (Lipinski definition) is 5. The molecule has 1 unspecified atom stereocenters. The lowest BCUT2D eigenvalue weighted by atomic mass is 10.2. The van der Waals surface area contributed by atoms with Crippen molar-refractivity contribution in [1.82, 2.24) is 9.97 Å². The van der Waals surface area contributed by atoms with Gasteiger partial charge in [-0.25, -0.2) is 4.98 Å². The van der Waals surface area contributed by atoms with E-state index in [0.29, 0.717) is 12.0 Å². The Labute approximate surface area is 118 Å². The Hall–Kier alpha value is -1.62. The first-order chi connectivity index (χ1) is 9.06. The summed E-state index contributed by atoms with van der Waals surface area (Å²) in [6, 6.07) is 4.56. The maximum atomic E-state index is 4.55. The average Bonchev–Trinajstić information content (AvgIpc) is 2.84. The van der Waals surface area contributed by atoms with Gasteiger partial charge in [0.2, 0.25) is 5.95 Å². The molecule has 0 aliphatic rings. The highest BCUT2D eigenvalue weighted by atomic mass is 32.1. The number of nitrogens with zero attached hydrogens (tertiary/aromatic N) is 3. The number of rotatable bonds is 5. The van der Waals surface area contributed by atoms with Gasteiger partial charge in [0.05, 0.1) is 0 Å². The topological polar surface area (TPSA) is 41.1 Å². The molecule has 0 aromatic carbocycles. The predicted molar refractivity (Wildman–Crippen MR) is 82.2 cm³/mol. The lowest BCUT2D eigenvalue weighted by Crippen LogP contribution is -2.21. The van der Waals surface area contributed by atoms with E-state index in [1.165, 1.54) is 4.88 Å². The van der Waals surface area contributed by atoms with Crippen LogP contribution < -0.4 is 10.2 Å². The van der Waals surface area contributed by atoms with Crippen molar-refractivity contribution in [2.45, 2.75) is 26.3 Å². The molecule has 0 radical (unpaired) electrons. The SMILES string of the molecule is Cc1cnc(NC(C)Cc2cccs2)nc1N(C)C. The van der Waals surface area contributed by atoms with E-state index in [2.05, 4.69) is 39.7 Å². The average molecular weight is 276 g/mol. The first-order valence-electron chi connectivity index (χ1n) is 6.36. The molecule has 5 heteroatoms. The Morgan fingerprint density at radius 3 is 2.84 bits per heavy atom. The van der Waals surface area contributed by atoms with Crippen molar-refractivity contribution in [1.29, 1.82) is 0 Å². The van der Waals surface area contributed by atoms with Crippen molar-refractivity contribution in [3.8, 4) is 0 Å². The molecule has 2 heterocycles. The first kappa shape index (κ1) is 13.8. The third kappa shape index (κ3) is 3.67. The van der Waals surface area contributed by atoms with Crippen LogP contribution in [0.25, 0.3) is 0 Å². The monoisotopic (exact) mass is 276 g/mol. The molecular formula is C14H20N4S. The molecule has 0 spiro atoms. The summed E-state index contributed by atoms with van der Waals surface area (Å²) in [5, 5.41) is 5.47. The van der Waals surface area contributed by atoms with E-state index < -0.39 is 0 Å². The van der Waals surface area contributed by atoms with Gasteiger partial charge in [0.25, 0.3) is 0 Å². The van der Waals surface area contributed by atoms with Crippen LogP contribution in [0.5, 0.6) is 0 Å². The van der Waals surface area contributed by atoms with E-state index in [0.717, 1.165) is 17.8 Å². The molecule has 0 bridgehead atoms. The van der Waals surface area contributed by atoms with Gasteiger partial charge < -0.3 is 10.2 Å². The molecule has 4 nitrogen and oxygen atoms in total. The van der Waals surface area contributed by atoms with E-state index in [4.69, 9.17) is 0 Å². The molecular weight excluding hydrogens is 256 g/mol. The second-order valence-electron chi connectivity index (χ2n) is 4.92. The minimum Gasteiger partial charge on any atom is -0.362 e. The van der Waals surface area contributed by atoms with E-state index >= 15 is 0 Å². The minimum absolute atomic E-state index is 0.316. The zero-order valence-corrected chi connectivity index (χ0v) is 12.7. The quantitative estimate of drug-likeness (QED) is 0.911. The molecule has 0 saturated carbocycles. The van der Waals surface area contributed by atoms with Gasteiger partial charge in [-0.05, 0) is 25.3 Å². The lowest BCUT2D eigenvalue weighted by Gasteiger charge is -2.17. The fourth-order valence-corrected chi connectivity index (χ4v) is 2.79. The summed E-state index contributed by atoms with van der Waals surface area (Å²) in [5.74, 6) is 1.65. The van der Waals surface area contributed by atoms with Crippen LogP contribution in [0.3, 0.4) is 0 Å². The molecule has 0 aliphatic carbocycles. The highest BCUT2D eigenvalue weighted by molar-refractivity contribution is 7.09. The van der Waals surface area contributed by atoms with Crippen LogP contribution >= 0.6 is 11.3 Å². The van der Waals surface area contributed by atoms with Gasteiger partial charge in [0, 0.05) is 43.2 Å². The molecule has 1 N–H and O–H groups in total. The van der Waals surface area contributed by atoms with Gasteiger partial charge >= 0.3 is 0 Å². The van der Waals surface area contributed by atoms with Crippen LogP contribution in [0.2, 0.25) is 0 Å². The Balaban J connectivity index is 2.04. The van der Waals surface area contributed by atoms with Crippen molar-refractivity contribution in [2.24, 2.45) is 0 Å². The standard InChI is InChI=1S/C14H20N4S/c1-10-9-15-14(17-13(10)18(3)4)16-11(2)8-12-6-5-7-19-12/h5-7,9,11H,8H2,1-4H3,(H,15,16,17). The van der Waals surface area contributed by atoms with Crippen LogP contribution in [0, 0.1) is 6.92 Å². The predicted octanol–water partition coefficient (Wildman–Crippen LogP) is 2.96. The highest BCUT2D eigenvalue weighted by Crippen LogP contribution is 2.17. The van der Waals surface area contributed by atoms with Crippen molar-refractivity contribution in [2.75, 3.05) is 24.3 Å². The van der Waals surface area contributed by atoms with Crippen LogP contribution in [0.15, 0.2) is 23.7 Å². The molecule has 2 rings (SSSR count). The summed E-state index contributed by atoms with van der Waals surface area (Å²) >= 11 is 1.78. The van der Waals surface area contributed by atoms with Crippen molar-refractivity contribution in [3.63, 3.8) is 0 Å². The second kappa shape index (κ2) is 6.02. The van der Waals surface area contributed by atoms with E-state index in [1.807, 2.05) is 32.1 Å². The molecule has 2 aromatic rings. The van der Waals surface area contributed by atoms with Gasteiger partial charge in [0.15, 0.2) is 0 Å². The summed E-state index contributed by atoms with van der Waals surface area (Å²) in [6.45, 7) is 4.17. The van der Waals surface area contributed by atoms with Gasteiger partial charge in [-0.15, -0.1) is 11.3 Å². The van der Waals surface area contributed by atoms with E-state index in [9.17, 15) is 0 Å². The van der Waals surface area contributed by atoms with Crippen LogP contribution in [-0.4, -0.2) is 30.1 Å². The highest BCUT2D eigenvalue weighted by Gasteiger charge is 2.09. The normalized spacial score (nSPS) is 12.2. The molecule has 0 fully saturated rings. The molecule has 19 heavy (non-hydrogen) atoms. The molecule has 0 saturated heterocycles. The number of thiophene rings is 1. The largest absolute Gasteiger partial charge is 0.362 e. The third-order valence-electron chi connectivity index (χ3n) is 2.83. The second-order valence-corrected chi connectivity index (χ2v) is 5.96. The maximum absolute atomic E-state index is 4.55. The number of nitrogens with one attached hydrogen (secondary N) is 1. The molecule has 2 aromatic heterocycles. The van der Waals surface area contributed by atoms with Crippen molar-refractivity contribution < 1.29 is 0 Å². The Morgan fingerprint density at radius 2 is 2.21 bits per heavy atom. The number of aryl methyl sites for hydroxylation is 1. The summed E-state index contributed by atoms with van der Waals surface area (Å²) < 4.78 is 0. The smallest absolute Gasteiger partial charge is 0.224 e. The zero-order valence-electron chi connectivity index (χ0n) is 11.8. The summed E-state index contributed by atoms with van der Waals surface area (Å²) in [7, 11) is 3.99.